The van der Waals surface area contributed by atoms with E-state index in [0.717, 1.165) is 41.6 Å². The highest BCUT2D eigenvalue weighted by molar-refractivity contribution is 5.93. The molecule has 0 saturated carbocycles. The first kappa shape index (κ1) is 15.1. The van der Waals surface area contributed by atoms with Crippen LogP contribution in [-0.2, 0) is 13.0 Å². The molecule has 0 unspecified atom stereocenters. The van der Waals surface area contributed by atoms with Crippen LogP contribution in [0, 0.1) is 0 Å². The van der Waals surface area contributed by atoms with Crippen molar-refractivity contribution in [3.63, 3.8) is 0 Å². The van der Waals surface area contributed by atoms with E-state index in [1.165, 1.54) is 6.20 Å². The molecule has 0 N–H and O–H groups in total. The maximum absolute atomic E-state index is 5.97. The summed E-state index contributed by atoms with van der Waals surface area (Å²) < 4.78 is 11.2. The lowest BCUT2D eigenvalue weighted by Gasteiger charge is -2.26. The third-order valence-corrected chi connectivity index (χ3v) is 3.78. The number of ether oxygens (including phenoxy) is 1. The first-order valence-electron chi connectivity index (χ1n) is 7.44. The molecule has 0 saturated heterocycles. The van der Waals surface area contributed by atoms with Gasteiger partial charge in [-0.3, -0.25) is 0 Å². The summed E-state index contributed by atoms with van der Waals surface area (Å²) in [6, 6.07) is 7.71. The second-order valence-electron chi connectivity index (χ2n) is 5.17. The molecule has 0 aliphatic carbocycles. The van der Waals surface area contributed by atoms with Crippen molar-refractivity contribution >= 4 is 5.84 Å². The lowest BCUT2D eigenvalue weighted by Crippen LogP contribution is -2.34. The number of rotatable bonds is 4. The van der Waals surface area contributed by atoms with Gasteiger partial charge in [0.2, 0.25) is 5.89 Å². The Morgan fingerprint density at radius 3 is 3.04 bits per heavy atom. The van der Waals surface area contributed by atoms with Crippen molar-refractivity contribution in [2.75, 3.05) is 13.7 Å². The summed E-state index contributed by atoms with van der Waals surface area (Å²) in [5, 5.41) is 0. The maximum atomic E-state index is 5.97. The van der Waals surface area contributed by atoms with Crippen LogP contribution in [0.25, 0.3) is 11.5 Å². The topological polar surface area (TPSA) is 50.9 Å². The molecule has 118 valence electrons. The van der Waals surface area contributed by atoms with E-state index in [9.17, 15) is 0 Å². The zero-order valence-corrected chi connectivity index (χ0v) is 13.2. The number of oxazole rings is 1. The standard InChI is InChI=1S/C18H19N3O2/c1-4-17(19-5-2)21-10-9-15-16(12-21)23-18(20-15)13-7-6-8-14(11-13)22-3/h4-8,11H,1-2,9-10,12H2,3H3. The molecule has 23 heavy (non-hydrogen) atoms. The number of methoxy groups -OCH3 is 1. The Balaban J connectivity index is 1.88. The predicted molar refractivity (Wildman–Crippen MR) is 90.4 cm³/mol. The molecule has 1 aromatic carbocycles. The molecule has 0 atom stereocenters. The van der Waals surface area contributed by atoms with E-state index in [2.05, 4.69) is 28.0 Å². The highest BCUT2D eigenvalue weighted by atomic mass is 16.5. The van der Waals surface area contributed by atoms with E-state index in [-0.39, 0.29) is 0 Å². The van der Waals surface area contributed by atoms with Crippen molar-refractivity contribution in [3.05, 3.63) is 61.2 Å². The summed E-state index contributed by atoms with van der Waals surface area (Å²) in [6.45, 7) is 8.90. The Kier molecular flexibility index (Phi) is 4.28. The summed E-state index contributed by atoms with van der Waals surface area (Å²) in [4.78, 5) is 11.0. The summed E-state index contributed by atoms with van der Waals surface area (Å²) in [7, 11) is 1.65. The number of aromatic nitrogens is 1. The number of benzene rings is 1. The molecule has 0 radical (unpaired) electrons. The number of hydrogen-bond donors (Lipinski definition) is 0. The maximum Gasteiger partial charge on any atom is 0.226 e. The number of fused-ring (bicyclic) bond motifs is 1. The van der Waals surface area contributed by atoms with E-state index in [4.69, 9.17) is 9.15 Å². The Bertz CT molecular complexity index is 761. The van der Waals surface area contributed by atoms with Crippen LogP contribution in [0.1, 0.15) is 11.5 Å². The lowest BCUT2D eigenvalue weighted by molar-refractivity contribution is 0.343. The SMILES string of the molecule is C=CN=C(C=C)N1CCc2nc(-c3cccc(OC)c3)oc2C1. The Labute approximate surface area is 135 Å². The van der Waals surface area contributed by atoms with Crippen molar-refractivity contribution < 1.29 is 9.15 Å². The average Bonchev–Trinajstić information content (AvgIpc) is 3.03. The van der Waals surface area contributed by atoms with Crippen LogP contribution in [0.5, 0.6) is 5.75 Å². The Morgan fingerprint density at radius 1 is 1.43 bits per heavy atom. The molecule has 5 heteroatoms. The van der Waals surface area contributed by atoms with Gasteiger partial charge in [-0.05, 0) is 24.3 Å². The molecule has 0 fully saturated rings. The predicted octanol–water partition coefficient (Wildman–Crippen LogP) is 3.44. The summed E-state index contributed by atoms with van der Waals surface area (Å²) in [5.41, 5.74) is 1.91. The van der Waals surface area contributed by atoms with Gasteiger partial charge in [0.1, 0.15) is 17.3 Å². The highest BCUT2D eigenvalue weighted by Crippen LogP contribution is 2.28. The largest absolute Gasteiger partial charge is 0.497 e. The molecule has 1 aromatic heterocycles. The lowest BCUT2D eigenvalue weighted by atomic mass is 10.1. The van der Waals surface area contributed by atoms with E-state index in [1.807, 2.05) is 24.3 Å². The first-order valence-corrected chi connectivity index (χ1v) is 7.44. The molecule has 0 bridgehead atoms. The van der Waals surface area contributed by atoms with Gasteiger partial charge in [0.05, 0.1) is 19.3 Å². The normalized spacial score (nSPS) is 14.3. The van der Waals surface area contributed by atoms with Gasteiger partial charge >= 0.3 is 0 Å². The van der Waals surface area contributed by atoms with Crippen LogP contribution in [0.2, 0.25) is 0 Å². The van der Waals surface area contributed by atoms with Crippen LogP contribution in [0.15, 0.2) is 59.1 Å². The summed E-state index contributed by atoms with van der Waals surface area (Å²) in [5.74, 6) is 3.07. The molecule has 2 heterocycles. The van der Waals surface area contributed by atoms with Gasteiger partial charge in [-0.15, -0.1) is 0 Å². The van der Waals surface area contributed by atoms with E-state index in [1.54, 1.807) is 13.2 Å². The van der Waals surface area contributed by atoms with Gasteiger partial charge in [0, 0.05) is 24.7 Å². The number of aliphatic imine (C=N–C) groups is 1. The van der Waals surface area contributed by atoms with Crippen molar-refractivity contribution in [3.8, 4) is 17.2 Å². The van der Waals surface area contributed by atoms with Crippen LogP contribution in [0.4, 0.5) is 0 Å². The second kappa shape index (κ2) is 6.52. The Morgan fingerprint density at radius 2 is 2.30 bits per heavy atom. The van der Waals surface area contributed by atoms with E-state index < -0.39 is 0 Å². The molecule has 3 rings (SSSR count). The average molecular weight is 309 g/mol. The molecular weight excluding hydrogens is 290 g/mol. The van der Waals surface area contributed by atoms with Gasteiger partial charge in [0.15, 0.2) is 0 Å². The van der Waals surface area contributed by atoms with E-state index >= 15 is 0 Å². The van der Waals surface area contributed by atoms with Gasteiger partial charge < -0.3 is 14.1 Å². The minimum atomic E-state index is 0.622. The molecule has 1 aliphatic heterocycles. The highest BCUT2D eigenvalue weighted by Gasteiger charge is 2.24. The minimum Gasteiger partial charge on any atom is -0.497 e. The molecule has 1 aliphatic rings. The van der Waals surface area contributed by atoms with Crippen LogP contribution >= 0.6 is 0 Å². The minimum absolute atomic E-state index is 0.622. The smallest absolute Gasteiger partial charge is 0.226 e. The third kappa shape index (κ3) is 3.04. The first-order chi connectivity index (χ1) is 11.2. The monoisotopic (exact) mass is 309 g/mol. The number of amidine groups is 1. The van der Waals surface area contributed by atoms with Crippen molar-refractivity contribution in [1.29, 1.82) is 0 Å². The molecule has 0 spiro atoms. The third-order valence-electron chi connectivity index (χ3n) is 3.78. The van der Waals surface area contributed by atoms with Gasteiger partial charge in [-0.2, -0.15) is 0 Å². The molecule has 0 amide bonds. The van der Waals surface area contributed by atoms with Crippen molar-refractivity contribution in [2.45, 2.75) is 13.0 Å². The van der Waals surface area contributed by atoms with Gasteiger partial charge in [-0.1, -0.05) is 19.2 Å². The second-order valence-corrected chi connectivity index (χ2v) is 5.17. The van der Waals surface area contributed by atoms with Gasteiger partial charge in [-0.25, -0.2) is 9.98 Å². The fourth-order valence-electron chi connectivity index (χ4n) is 2.63. The van der Waals surface area contributed by atoms with E-state index in [0.29, 0.717) is 12.4 Å². The molecule has 5 nitrogen and oxygen atoms in total. The molecular formula is C18H19N3O2. The number of hydrogen-bond acceptors (Lipinski definition) is 4. The number of nitrogens with zero attached hydrogens (tertiary/aromatic N) is 3. The molecule has 2 aromatic rings. The van der Waals surface area contributed by atoms with Crippen molar-refractivity contribution in [1.82, 2.24) is 9.88 Å². The Hall–Kier alpha value is -2.82. The van der Waals surface area contributed by atoms with Crippen LogP contribution < -0.4 is 4.74 Å². The van der Waals surface area contributed by atoms with Crippen molar-refractivity contribution in [2.24, 2.45) is 4.99 Å². The quantitative estimate of drug-likeness (QED) is 0.641. The fourth-order valence-corrected chi connectivity index (χ4v) is 2.63. The van der Waals surface area contributed by atoms with Crippen LogP contribution in [0.3, 0.4) is 0 Å². The zero-order valence-electron chi connectivity index (χ0n) is 13.2. The van der Waals surface area contributed by atoms with Gasteiger partial charge in [0.25, 0.3) is 0 Å². The summed E-state index contributed by atoms with van der Waals surface area (Å²) >= 11 is 0. The summed E-state index contributed by atoms with van der Waals surface area (Å²) in [6.07, 6.45) is 4.06. The fraction of sp³-hybridized carbons (Fsp3) is 0.222. The zero-order chi connectivity index (χ0) is 16.2. The van der Waals surface area contributed by atoms with Crippen LogP contribution in [-0.4, -0.2) is 29.4 Å².